The van der Waals surface area contributed by atoms with Gasteiger partial charge in [-0.15, -0.1) is 0 Å². The number of hydrogen-bond donors (Lipinski definition) is 1. The molecule has 1 N–H and O–H groups in total. The van der Waals surface area contributed by atoms with Crippen molar-refractivity contribution in [2.45, 2.75) is 105 Å². The van der Waals surface area contributed by atoms with Gasteiger partial charge in [0, 0.05) is 0 Å². The Morgan fingerprint density at radius 3 is 2.50 bits per heavy atom. The van der Waals surface area contributed by atoms with Crippen molar-refractivity contribution in [1.82, 2.24) is 0 Å². The minimum absolute atomic E-state index is 0.106. The number of aliphatic hydroxyl groups is 1. The van der Waals surface area contributed by atoms with Crippen molar-refractivity contribution >= 4 is 0 Å². The number of fused-ring (bicyclic) bond motifs is 5. The molecule has 0 aromatic rings. The lowest BCUT2D eigenvalue weighted by Gasteiger charge is -2.55. The van der Waals surface area contributed by atoms with Gasteiger partial charge in [-0.25, -0.2) is 0 Å². The maximum absolute atomic E-state index is 10.2. The lowest BCUT2D eigenvalue weighted by molar-refractivity contribution is 0.0323. The van der Waals surface area contributed by atoms with E-state index in [0.717, 1.165) is 42.4 Å². The predicted octanol–water partition coefficient (Wildman–Crippen LogP) is 7.31. The molecule has 0 spiro atoms. The second kappa shape index (κ2) is 7.60. The van der Waals surface area contributed by atoms with Crippen molar-refractivity contribution in [3.63, 3.8) is 0 Å². The SMILES string of the molecule is CC(C)CCC[C@@H](C)C1CC[C@H]2C3=CC=C4C[C@@H](O)CC[C@]4(C)[C@H]3CC[C@]12C. The largest absolute Gasteiger partial charge is 0.393 e. The second-order valence-corrected chi connectivity index (χ2v) is 11.8. The lowest BCUT2D eigenvalue weighted by Crippen LogP contribution is -2.46. The van der Waals surface area contributed by atoms with Crippen LogP contribution in [0.4, 0.5) is 0 Å². The van der Waals surface area contributed by atoms with Crippen LogP contribution >= 0.6 is 0 Å². The van der Waals surface area contributed by atoms with Gasteiger partial charge in [0.25, 0.3) is 0 Å². The molecule has 0 aromatic carbocycles. The van der Waals surface area contributed by atoms with Gasteiger partial charge in [-0.1, -0.05) is 77.2 Å². The first-order valence-electron chi connectivity index (χ1n) is 12.3. The first-order chi connectivity index (χ1) is 13.3. The van der Waals surface area contributed by atoms with Crippen LogP contribution in [-0.2, 0) is 0 Å². The van der Waals surface area contributed by atoms with Crippen LogP contribution in [0.15, 0.2) is 23.3 Å². The van der Waals surface area contributed by atoms with Crippen LogP contribution in [0.1, 0.15) is 98.8 Å². The van der Waals surface area contributed by atoms with Crippen molar-refractivity contribution in [3.05, 3.63) is 23.3 Å². The topological polar surface area (TPSA) is 20.2 Å². The third-order valence-electron chi connectivity index (χ3n) is 9.75. The summed E-state index contributed by atoms with van der Waals surface area (Å²) in [5.41, 5.74) is 4.19. The summed E-state index contributed by atoms with van der Waals surface area (Å²) >= 11 is 0. The van der Waals surface area contributed by atoms with E-state index in [1.165, 1.54) is 51.4 Å². The summed E-state index contributed by atoms with van der Waals surface area (Å²) in [5, 5.41) is 10.2. The van der Waals surface area contributed by atoms with Crippen LogP contribution in [0, 0.1) is 40.4 Å². The molecule has 158 valence electrons. The van der Waals surface area contributed by atoms with E-state index in [1.54, 1.807) is 11.1 Å². The van der Waals surface area contributed by atoms with Crippen molar-refractivity contribution in [2.75, 3.05) is 0 Å². The van der Waals surface area contributed by atoms with E-state index < -0.39 is 0 Å². The van der Waals surface area contributed by atoms with E-state index in [0.29, 0.717) is 10.8 Å². The number of hydrogen-bond acceptors (Lipinski definition) is 1. The zero-order valence-corrected chi connectivity index (χ0v) is 19.1. The molecule has 0 heterocycles. The van der Waals surface area contributed by atoms with Crippen molar-refractivity contribution in [1.29, 1.82) is 0 Å². The summed E-state index contributed by atoms with van der Waals surface area (Å²) in [6.07, 6.45) is 17.8. The molecule has 1 heteroatoms. The lowest BCUT2D eigenvalue weighted by atomic mass is 9.50. The van der Waals surface area contributed by atoms with Gasteiger partial charge in [-0.3, -0.25) is 0 Å². The highest BCUT2D eigenvalue weighted by Crippen LogP contribution is 2.66. The molecule has 4 rings (SSSR count). The molecular weight excluding hydrogens is 340 g/mol. The Kier molecular flexibility index (Phi) is 5.62. The van der Waals surface area contributed by atoms with E-state index in [2.05, 4.69) is 46.8 Å². The first-order valence-corrected chi connectivity index (χ1v) is 12.3. The monoisotopic (exact) mass is 384 g/mol. The molecule has 0 radical (unpaired) electrons. The zero-order valence-electron chi connectivity index (χ0n) is 19.1. The Morgan fingerprint density at radius 1 is 0.964 bits per heavy atom. The fourth-order valence-electron chi connectivity index (χ4n) is 8.01. The first kappa shape index (κ1) is 20.7. The summed E-state index contributed by atoms with van der Waals surface area (Å²) < 4.78 is 0. The molecule has 0 amide bonds. The van der Waals surface area contributed by atoms with Gasteiger partial charge >= 0.3 is 0 Å². The van der Waals surface area contributed by atoms with E-state index >= 15 is 0 Å². The van der Waals surface area contributed by atoms with Crippen LogP contribution in [0.25, 0.3) is 0 Å². The summed E-state index contributed by atoms with van der Waals surface area (Å²) in [7, 11) is 0. The van der Waals surface area contributed by atoms with Crippen LogP contribution in [0.5, 0.6) is 0 Å². The molecule has 1 unspecified atom stereocenters. The van der Waals surface area contributed by atoms with E-state index in [9.17, 15) is 5.11 Å². The van der Waals surface area contributed by atoms with E-state index in [-0.39, 0.29) is 6.10 Å². The maximum atomic E-state index is 10.2. The quantitative estimate of drug-likeness (QED) is 0.527. The highest BCUT2D eigenvalue weighted by molar-refractivity contribution is 5.38. The summed E-state index contributed by atoms with van der Waals surface area (Å²) in [6, 6.07) is 0. The highest BCUT2D eigenvalue weighted by atomic mass is 16.3. The summed E-state index contributed by atoms with van der Waals surface area (Å²) in [6.45, 7) is 12.5. The van der Waals surface area contributed by atoms with Crippen molar-refractivity contribution in [3.8, 4) is 0 Å². The number of rotatable bonds is 5. The van der Waals surface area contributed by atoms with Gasteiger partial charge in [-0.2, -0.15) is 0 Å². The minimum Gasteiger partial charge on any atom is -0.393 e. The molecule has 7 atom stereocenters. The van der Waals surface area contributed by atoms with Gasteiger partial charge in [0.1, 0.15) is 0 Å². The Hall–Kier alpha value is -0.560. The molecular formula is C27H44O. The van der Waals surface area contributed by atoms with E-state index in [4.69, 9.17) is 0 Å². The van der Waals surface area contributed by atoms with Gasteiger partial charge in [-0.05, 0) is 85.4 Å². The molecule has 0 aliphatic heterocycles. The number of aliphatic hydroxyl groups excluding tert-OH is 1. The predicted molar refractivity (Wildman–Crippen MR) is 119 cm³/mol. The Balaban J connectivity index is 1.53. The summed E-state index contributed by atoms with van der Waals surface area (Å²) in [5.74, 6) is 4.19. The third kappa shape index (κ3) is 3.34. The van der Waals surface area contributed by atoms with E-state index in [1.807, 2.05) is 0 Å². The Morgan fingerprint density at radius 2 is 1.75 bits per heavy atom. The smallest absolute Gasteiger partial charge is 0.0578 e. The van der Waals surface area contributed by atoms with Crippen LogP contribution < -0.4 is 0 Å². The van der Waals surface area contributed by atoms with Gasteiger partial charge < -0.3 is 5.11 Å². The molecule has 4 aliphatic carbocycles. The molecule has 0 aromatic heterocycles. The molecule has 28 heavy (non-hydrogen) atoms. The van der Waals surface area contributed by atoms with Crippen LogP contribution in [-0.4, -0.2) is 11.2 Å². The summed E-state index contributed by atoms with van der Waals surface area (Å²) in [4.78, 5) is 0. The molecule has 4 aliphatic rings. The minimum atomic E-state index is -0.106. The van der Waals surface area contributed by atoms with Crippen molar-refractivity contribution < 1.29 is 5.11 Å². The average molecular weight is 385 g/mol. The fraction of sp³-hybridized carbons (Fsp3) is 0.852. The van der Waals surface area contributed by atoms with Crippen LogP contribution in [0.3, 0.4) is 0 Å². The van der Waals surface area contributed by atoms with Crippen LogP contribution in [0.2, 0.25) is 0 Å². The van der Waals surface area contributed by atoms with Gasteiger partial charge in [0.2, 0.25) is 0 Å². The second-order valence-electron chi connectivity index (χ2n) is 11.8. The molecule has 0 saturated heterocycles. The average Bonchev–Trinajstić information content (AvgIpc) is 2.99. The highest BCUT2D eigenvalue weighted by Gasteiger charge is 2.56. The third-order valence-corrected chi connectivity index (χ3v) is 9.75. The Bertz CT molecular complexity index is 643. The fourth-order valence-corrected chi connectivity index (χ4v) is 8.01. The van der Waals surface area contributed by atoms with Crippen molar-refractivity contribution in [2.24, 2.45) is 40.4 Å². The molecule has 3 saturated carbocycles. The number of allylic oxidation sites excluding steroid dienone is 3. The maximum Gasteiger partial charge on any atom is 0.0578 e. The van der Waals surface area contributed by atoms with Gasteiger partial charge in [0.05, 0.1) is 6.10 Å². The Labute approximate surface area is 174 Å². The normalized spacial score (nSPS) is 43.7. The van der Waals surface area contributed by atoms with Gasteiger partial charge in [0.15, 0.2) is 0 Å². The standard InChI is InChI=1S/C27H44O/c1-18(2)7-6-8-19(3)23-11-12-24-22-10-9-20-17-21(28)13-15-26(20,4)25(22)14-16-27(23,24)5/h9-10,18-19,21,23-25,28H,6-8,11-17H2,1-5H3/t19-,21+,23?,24+,25+,26+,27-/m1/s1. The zero-order chi connectivity index (χ0) is 20.1. The molecule has 0 bridgehead atoms. The molecule has 1 nitrogen and oxygen atoms in total. The molecule has 3 fully saturated rings.